The maximum absolute atomic E-state index is 11.9. The zero-order valence-corrected chi connectivity index (χ0v) is 8.90. The first-order chi connectivity index (χ1) is 7.22. The summed E-state index contributed by atoms with van der Waals surface area (Å²) < 4.78 is 0. The lowest BCUT2D eigenvalue weighted by molar-refractivity contribution is 0.0676. The van der Waals surface area contributed by atoms with Crippen molar-refractivity contribution in [2.75, 3.05) is 18.9 Å². The maximum atomic E-state index is 11.9. The van der Waals surface area contributed by atoms with E-state index in [1.54, 1.807) is 4.90 Å². The number of hydrogen-bond donors (Lipinski definition) is 2. The van der Waals surface area contributed by atoms with Crippen LogP contribution in [0.5, 0.6) is 0 Å². The molecule has 1 saturated heterocycles. The molecule has 3 N–H and O–H groups in total. The number of nitrogens with zero attached hydrogens (tertiary/aromatic N) is 3. The SMILES string of the molecule is Nc1nnc(C(=O)N2CCCC2CO)s1. The Labute approximate surface area is 90.7 Å². The molecule has 0 aromatic carbocycles. The van der Waals surface area contributed by atoms with Crippen molar-refractivity contribution < 1.29 is 9.90 Å². The predicted octanol–water partition coefficient (Wildman–Crippen LogP) is -0.283. The Morgan fingerprint density at radius 3 is 3.07 bits per heavy atom. The van der Waals surface area contributed by atoms with Crippen LogP contribution in [0.25, 0.3) is 0 Å². The molecule has 1 atom stereocenters. The molecule has 15 heavy (non-hydrogen) atoms. The summed E-state index contributed by atoms with van der Waals surface area (Å²) in [6.07, 6.45) is 1.77. The molecule has 1 fully saturated rings. The number of rotatable bonds is 2. The van der Waals surface area contributed by atoms with E-state index in [-0.39, 0.29) is 23.7 Å². The summed E-state index contributed by atoms with van der Waals surface area (Å²) in [6, 6.07) is -0.0809. The van der Waals surface area contributed by atoms with Crippen molar-refractivity contribution in [3.8, 4) is 0 Å². The second kappa shape index (κ2) is 4.11. The molecule has 6 nitrogen and oxygen atoms in total. The highest BCUT2D eigenvalue weighted by atomic mass is 32.1. The number of likely N-dealkylation sites (tertiary alicyclic amines) is 1. The van der Waals surface area contributed by atoms with E-state index in [1.165, 1.54) is 0 Å². The number of carbonyl (C=O) groups excluding carboxylic acids is 1. The van der Waals surface area contributed by atoms with Crippen LogP contribution >= 0.6 is 11.3 Å². The Balaban J connectivity index is 2.13. The predicted molar refractivity (Wildman–Crippen MR) is 55.5 cm³/mol. The Bertz CT molecular complexity index is 367. The normalized spacial score (nSPS) is 20.9. The van der Waals surface area contributed by atoms with Crippen LogP contribution in [0.2, 0.25) is 0 Å². The third-order valence-electron chi connectivity index (χ3n) is 2.47. The molecule has 1 unspecified atom stereocenters. The maximum Gasteiger partial charge on any atom is 0.285 e. The van der Waals surface area contributed by atoms with Crippen molar-refractivity contribution in [1.82, 2.24) is 15.1 Å². The summed E-state index contributed by atoms with van der Waals surface area (Å²) in [5.74, 6) is -0.180. The van der Waals surface area contributed by atoms with Crippen molar-refractivity contribution in [1.29, 1.82) is 0 Å². The second-order valence-corrected chi connectivity index (χ2v) is 4.43. The molecule has 1 aliphatic rings. The number of hydrogen-bond acceptors (Lipinski definition) is 6. The molecule has 0 spiro atoms. The number of aromatic nitrogens is 2. The fourth-order valence-electron chi connectivity index (χ4n) is 1.74. The van der Waals surface area contributed by atoms with Gasteiger partial charge in [-0.25, -0.2) is 0 Å². The lowest BCUT2D eigenvalue weighted by Gasteiger charge is -2.21. The van der Waals surface area contributed by atoms with Crippen LogP contribution in [-0.4, -0.2) is 45.3 Å². The topological polar surface area (TPSA) is 92.3 Å². The van der Waals surface area contributed by atoms with Gasteiger partial charge in [0.25, 0.3) is 5.91 Å². The van der Waals surface area contributed by atoms with Crippen LogP contribution in [-0.2, 0) is 0 Å². The summed E-state index contributed by atoms with van der Waals surface area (Å²) in [5.41, 5.74) is 5.41. The monoisotopic (exact) mass is 228 g/mol. The molecule has 7 heteroatoms. The van der Waals surface area contributed by atoms with Gasteiger partial charge in [-0.2, -0.15) is 0 Å². The first kappa shape index (κ1) is 10.3. The van der Waals surface area contributed by atoms with E-state index in [4.69, 9.17) is 10.8 Å². The van der Waals surface area contributed by atoms with Crippen LogP contribution in [0.1, 0.15) is 22.6 Å². The number of carbonyl (C=O) groups is 1. The van der Waals surface area contributed by atoms with Gasteiger partial charge in [-0.1, -0.05) is 11.3 Å². The summed E-state index contributed by atoms with van der Waals surface area (Å²) in [7, 11) is 0. The Morgan fingerprint density at radius 1 is 1.67 bits per heavy atom. The van der Waals surface area contributed by atoms with E-state index in [9.17, 15) is 4.79 Å². The quantitative estimate of drug-likeness (QED) is 0.726. The number of nitrogens with two attached hydrogens (primary N) is 1. The van der Waals surface area contributed by atoms with Gasteiger partial charge in [-0.15, -0.1) is 10.2 Å². The van der Waals surface area contributed by atoms with Gasteiger partial charge in [-0.3, -0.25) is 4.79 Å². The number of aliphatic hydroxyl groups is 1. The lowest BCUT2D eigenvalue weighted by Crippen LogP contribution is -2.37. The van der Waals surface area contributed by atoms with E-state index in [0.29, 0.717) is 11.6 Å². The van der Waals surface area contributed by atoms with E-state index in [0.717, 1.165) is 24.2 Å². The van der Waals surface area contributed by atoms with Crippen molar-refractivity contribution in [3.63, 3.8) is 0 Å². The highest BCUT2D eigenvalue weighted by Gasteiger charge is 2.30. The minimum absolute atomic E-state index is 0.0000257. The molecule has 0 bridgehead atoms. The largest absolute Gasteiger partial charge is 0.394 e. The smallest absolute Gasteiger partial charge is 0.285 e. The average Bonchev–Trinajstić information content (AvgIpc) is 2.84. The molecular weight excluding hydrogens is 216 g/mol. The minimum Gasteiger partial charge on any atom is -0.394 e. The molecule has 1 aliphatic heterocycles. The second-order valence-electron chi connectivity index (χ2n) is 3.42. The third kappa shape index (κ3) is 1.93. The number of aliphatic hydroxyl groups excluding tert-OH is 1. The molecule has 2 heterocycles. The molecular formula is C8H12N4O2S. The average molecular weight is 228 g/mol. The first-order valence-corrected chi connectivity index (χ1v) is 5.55. The molecule has 0 aliphatic carbocycles. The fourth-order valence-corrected chi connectivity index (χ4v) is 2.30. The highest BCUT2D eigenvalue weighted by molar-refractivity contribution is 7.16. The van der Waals surface area contributed by atoms with Gasteiger partial charge in [0.1, 0.15) is 0 Å². The molecule has 1 aromatic heterocycles. The van der Waals surface area contributed by atoms with Gasteiger partial charge in [-0.05, 0) is 12.8 Å². The third-order valence-corrected chi connectivity index (χ3v) is 3.21. The highest BCUT2D eigenvalue weighted by Crippen LogP contribution is 2.21. The Hall–Kier alpha value is -1.21. The molecule has 1 aromatic rings. The molecule has 0 radical (unpaired) electrons. The molecule has 82 valence electrons. The number of nitrogen functional groups attached to an aromatic ring is 1. The van der Waals surface area contributed by atoms with Crippen LogP contribution < -0.4 is 5.73 Å². The molecule has 2 rings (SSSR count). The van der Waals surface area contributed by atoms with Gasteiger partial charge in [0, 0.05) is 6.54 Å². The molecule has 1 amide bonds. The summed E-state index contributed by atoms with van der Waals surface area (Å²) in [6.45, 7) is 0.670. The number of amides is 1. The summed E-state index contributed by atoms with van der Waals surface area (Å²) in [4.78, 5) is 13.5. The molecule has 0 saturated carbocycles. The van der Waals surface area contributed by atoms with Crippen molar-refractivity contribution in [2.24, 2.45) is 0 Å². The van der Waals surface area contributed by atoms with Crippen molar-refractivity contribution in [3.05, 3.63) is 5.01 Å². The van der Waals surface area contributed by atoms with Crippen molar-refractivity contribution in [2.45, 2.75) is 18.9 Å². The van der Waals surface area contributed by atoms with Crippen LogP contribution in [0.4, 0.5) is 5.13 Å². The van der Waals surface area contributed by atoms with E-state index < -0.39 is 0 Å². The van der Waals surface area contributed by atoms with Crippen LogP contribution in [0.15, 0.2) is 0 Å². The van der Waals surface area contributed by atoms with Gasteiger partial charge >= 0.3 is 0 Å². The van der Waals surface area contributed by atoms with E-state index in [2.05, 4.69) is 10.2 Å². The Morgan fingerprint density at radius 2 is 2.47 bits per heavy atom. The van der Waals surface area contributed by atoms with Gasteiger partial charge in [0.2, 0.25) is 10.1 Å². The van der Waals surface area contributed by atoms with E-state index in [1.807, 2.05) is 0 Å². The standard InChI is InChI=1S/C8H12N4O2S/c9-8-11-10-6(15-8)7(14)12-3-1-2-5(12)4-13/h5,13H,1-4H2,(H2,9,11). The zero-order chi connectivity index (χ0) is 10.8. The number of anilines is 1. The zero-order valence-electron chi connectivity index (χ0n) is 8.09. The van der Waals surface area contributed by atoms with E-state index >= 15 is 0 Å². The first-order valence-electron chi connectivity index (χ1n) is 4.73. The van der Waals surface area contributed by atoms with Crippen LogP contribution in [0.3, 0.4) is 0 Å². The summed E-state index contributed by atoms with van der Waals surface area (Å²) in [5, 5.41) is 17.0. The van der Waals surface area contributed by atoms with Gasteiger partial charge < -0.3 is 15.7 Å². The fraction of sp³-hybridized carbons (Fsp3) is 0.625. The summed E-state index contributed by atoms with van der Waals surface area (Å²) >= 11 is 1.08. The minimum atomic E-state index is -0.180. The Kier molecular flexibility index (Phi) is 2.83. The van der Waals surface area contributed by atoms with Crippen LogP contribution in [0, 0.1) is 0 Å². The van der Waals surface area contributed by atoms with Gasteiger partial charge in [0.05, 0.1) is 12.6 Å². The van der Waals surface area contributed by atoms with Gasteiger partial charge in [0.15, 0.2) is 0 Å². The van der Waals surface area contributed by atoms with Crippen molar-refractivity contribution >= 4 is 22.4 Å². The lowest BCUT2D eigenvalue weighted by atomic mass is 10.2.